The van der Waals surface area contributed by atoms with Crippen molar-refractivity contribution >= 4 is 15.9 Å². The van der Waals surface area contributed by atoms with E-state index in [2.05, 4.69) is 39.4 Å². The molecule has 3 aromatic rings. The lowest BCUT2D eigenvalue weighted by Gasteiger charge is -2.34. The predicted octanol–water partition coefficient (Wildman–Crippen LogP) is 3.26. The van der Waals surface area contributed by atoms with E-state index in [-0.39, 0.29) is 5.91 Å². The lowest BCUT2D eigenvalue weighted by Crippen LogP contribution is -2.48. The van der Waals surface area contributed by atoms with Crippen LogP contribution in [0.15, 0.2) is 77.7 Å². The van der Waals surface area contributed by atoms with Crippen LogP contribution in [0.2, 0.25) is 0 Å². The van der Waals surface area contributed by atoms with Gasteiger partial charge in [-0.1, -0.05) is 54.1 Å². The van der Waals surface area contributed by atoms with Gasteiger partial charge in [0.2, 0.25) is 10.0 Å². The molecule has 0 unspecified atom stereocenters. The van der Waals surface area contributed by atoms with Crippen molar-refractivity contribution in [3.05, 3.63) is 101 Å². The number of nitrogens with zero attached hydrogens (tertiary/aromatic N) is 3. The summed E-state index contributed by atoms with van der Waals surface area (Å²) >= 11 is 0. The Bertz CT molecular complexity index is 1360. The Morgan fingerprint density at radius 1 is 0.725 bits per heavy atom. The van der Waals surface area contributed by atoms with E-state index in [0.717, 1.165) is 56.1 Å². The minimum atomic E-state index is -3.47. The number of rotatable bonds is 9. The van der Waals surface area contributed by atoms with Gasteiger partial charge in [0, 0.05) is 64.5 Å². The summed E-state index contributed by atoms with van der Waals surface area (Å²) in [7, 11) is -3.47. The standard InChI is InChI=1S/C31H38N4O4S/c1-25-2-12-30(13-3-25)40(37,38)35-16-14-33(15-17-35)23-28-8-10-29(11-9-28)31(36)32-22-26-4-6-27(7-5-26)24-34-18-20-39-21-19-34/h2-13H,14-24H2,1H3,(H,32,36). The Morgan fingerprint density at radius 2 is 1.25 bits per heavy atom. The molecule has 0 radical (unpaired) electrons. The van der Waals surface area contributed by atoms with Crippen LogP contribution in [-0.4, -0.2) is 80.9 Å². The lowest BCUT2D eigenvalue weighted by atomic mass is 10.1. The maximum Gasteiger partial charge on any atom is 0.251 e. The van der Waals surface area contributed by atoms with E-state index in [4.69, 9.17) is 4.74 Å². The summed E-state index contributed by atoms with van der Waals surface area (Å²) in [4.78, 5) is 17.7. The van der Waals surface area contributed by atoms with E-state index in [0.29, 0.717) is 43.2 Å². The van der Waals surface area contributed by atoms with Crippen LogP contribution in [0.4, 0.5) is 0 Å². The molecule has 2 aliphatic heterocycles. The Morgan fingerprint density at radius 3 is 1.85 bits per heavy atom. The molecular weight excluding hydrogens is 524 g/mol. The first-order valence-electron chi connectivity index (χ1n) is 13.9. The smallest absolute Gasteiger partial charge is 0.251 e. The topological polar surface area (TPSA) is 82.2 Å². The summed E-state index contributed by atoms with van der Waals surface area (Å²) in [6, 6.07) is 23.1. The molecule has 2 aliphatic rings. The number of nitrogens with one attached hydrogen (secondary N) is 1. The summed E-state index contributed by atoms with van der Waals surface area (Å²) in [5.41, 5.74) is 5.10. The molecule has 0 aromatic heterocycles. The van der Waals surface area contributed by atoms with E-state index in [1.54, 1.807) is 16.4 Å². The van der Waals surface area contributed by atoms with Crippen LogP contribution in [0, 0.1) is 6.92 Å². The minimum Gasteiger partial charge on any atom is -0.379 e. The number of aryl methyl sites for hydroxylation is 1. The fourth-order valence-electron chi connectivity index (χ4n) is 5.07. The van der Waals surface area contributed by atoms with E-state index < -0.39 is 10.0 Å². The number of carbonyl (C=O) groups is 1. The summed E-state index contributed by atoms with van der Waals surface area (Å²) in [6.45, 7) is 9.84. The maximum atomic E-state index is 13.0. The number of hydrogen-bond acceptors (Lipinski definition) is 6. The van der Waals surface area contributed by atoms with Crippen LogP contribution in [0.1, 0.15) is 32.6 Å². The van der Waals surface area contributed by atoms with Gasteiger partial charge in [-0.15, -0.1) is 0 Å². The highest BCUT2D eigenvalue weighted by atomic mass is 32.2. The molecule has 40 heavy (non-hydrogen) atoms. The van der Waals surface area contributed by atoms with Crippen molar-refractivity contribution in [3.63, 3.8) is 0 Å². The van der Waals surface area contributed by atoms with Crippen LogP contribution < -0.4 is 5.32 Å². The molecule has 9 heteroatoms. The maximum absolute atomic E-state index is 13.0. The highest BCUT2D eigenvalue weighted by Crippen LogP contribution is 2.19. The van der Waals surface area contributed by atoms with Gasteiger partial charge >= 0.3 is 0 Å². The molecule has 5 rings (SSSR count). The zero-order chi connectivity index (χ0) is 28.0. The fraction of sp³-hybridized carbons (Fsp3) is 0.387. The van der Waals surface area contributed by atoms with Crippen molar-refractivity contribution in [3.8, 4) is 0 Å². The second-order valence-corrected chi connectivity index (χ2v) is 12.5. The number of morpholine rings is 1. The number of benzene rings is 3. The second kappa shape index (κ2) is 13.1. The van der Waals surface area contributed by atoms with Crippen molar-refractivity contribution in [2.24, 2.45) is 0 Å². The van der Waals surface area contributed by atoms with Crippen molar-refractivity contribution in [1.29, 1.82) is 0 Å². The van der Waals surface area contributed by atoms with Crippen molar-refractivity contribution < 1.29 is 17.9 Å². The Hall–Kier alpha value is -3.08. The summed E-state index contributed by atoms with van der Waals surface area (Å²) < 4.78 is 32.9. The van der Waals surface area contributed by atoms with Gasteiger partial charge in [-0.05, 0) is 47.9 Å². The number of ether oxygens (including phenoxy) is 1. The first-order valence-corrected chi connectivity index (χ1v) is 15.3. The van der Waals surface area contributed by atoms with Gasteiger partial charge in [0.05, 0.1) is 18.1 Å². The Kier molecular flexibility index (Phi) is 9.29. The molecule has 0 atom stereocenters. The Balaban J connectivity index is 1.06. The van der Waals surface area contributed by atoms with Gasteiger partial charge in [0.1, 0.15) is 0 Å². The van der Waals surface area contributed by atoms with Gasteiger partial charge in [0.25, 0.3) is 5.91 Å². The molecular formula is C31H38N4O4S. The summed E-state index contributed by atoms with van der Waals surface area (Å²) in [6.07, 6.45) is 0. The zero-order valence-corrected chi connectivity index (χ0v) is 23.9. The third-order valence-corrected chi connectivity index (χ3v) is 9.51. The first kappa shape index (κ1) is 28.4. The van der Waals surface area contributed by atoms with Crippen LogP contribution in [0.5, 0.6) is 0 Å². The zero-order valence-electron chi connectivity index (χ0n) is 23.1. The third-order valence-electron chi connectivity index (χ3n) is 7.60. The average Bonchev–Trinajstić information content (AvgIpc) is 2.98. The number of hydrogen-bond donors (Lipinski definition) is 1. The molecule has 0 bridgehead atoms. The number of sulfonamides is 1. The van der Waals surface area contributed by atoms with Crippen LogP contribution in [-0.2, 0) is 34.4 Å². The largest absolute Gasteiger partial charge is 0.379 e. The molecule has 8 nitrogen and oxygen atoms in total. The summed E-state index contributed by atoms with van der Waals surface area (Å²) in [5, 5.41) is 3.01. The van der Waals surface area contributed by atoms with Crippen LogP contribution in [0.3, 0.4) is 0 Å². The molecule has 2 fully saturated rings. The minimum absolute atomic E-state index is 0.0983. The monoisotopic (exact) mass is 562 g/mol. The normalized spacial score (nSPS) is 17.5. The van der Waals surface area contributed by atoms with E-state index in [1.165, 1.54) is 5.56 Å². The fourth-order valence-corrected chi connectivity index (χ4v) is 6.49. The molecule has 3 aromatic carbocycles. The molecule has 2 heterocycles. The third kappa shape index (κ3) is 7.35. The van der Waals surface area contributed by atoms with Crippen molar-refractivity contribution in [2.45, 2.75) is 31.5 Å². The van der Waals surface area contributed by atoms with E-state index in [1.807, 2.05) is 43.3 Å². The van der Waals surface area contributed by atoms with Gasteiger partial charge in [-0.25, -0.2) is 8.42 Å². The van der Waals surface area contributed by atoms with Crippen molar-refractivity contribution in [2.75, 3.05) is 52.5 Å². The van der Waals surface area contributed by atoms with Crippen LogP contribution >= 0.6 is 0 Å². The quantitative estimate of drug-likeness (QED) is 0.431. The van der Waals surface area contributed by atoms with E-state index >= 15 is 0 Å². The Labute approximate surface area is 237 Å². The molecule has 0 aliphatic carbocycles. The van der Waals surface area contributed by atoms with Gasteiger partial charge in [-0.2, -0.15) is 4.31 Å². The lowest BCUT2D eigenvalue weighted by molar-refractivity contribution is 0.0342. The summed E-state index contributed by atoms with van der Waals surface area (Å²) in [5.74, 6) is -0.0983. The second-order valence-electron chi connectivity index (χ2n) is 10.6. The first-order chi connectivity index (χ1) is 19.4. The predicted molar refractivity (Wildman–Crippen MR) is 155 cm³/mol. The SMILES string of the molecule is Cc1ccc(S(=O)(=O)N2CCN(Cc3ccc(C(=O)NCc4ccc(CN5CCOCC5)cc4)cc3)CC2)cc1. The van der Waals surface area contributed by atoms with Gasteiger partial charge < -0.3 is 10.1 Å². The molecule has 212 valence electrons. The highest BCUT2D eigenvalue weighted by molar-refractivity contribution is 7.89. The number of carbonyl (C=O) groups excluding carboxylic acids is 1. The number of amides is 1. The van der Waals surface area contributed by atoms with E-state index in [9.17, 15) is 13.2 Å². The highest BCUT2D eigenvalue weighted by Gasteiger charge is 2.28. The molecule has 1 amide bonds. The van der Waals surface area contributed by atoms with Crippen molar-refractivity contribution in [1.82, 2.24) is 19.4 Å². The molecule has 0 saturated carbocycles. The van der Waals surface area contributed by atoms with Crippen LogP contribution in [0.25, 0.3) is 0 Å². The number of piperazine rings is 1. The molecule has 0 spiro atoms. The van der Waals surface area contributed by atoms with Gasteiger partial charge in [-0.3, -0.25) is 14.6 Å². The molecule has 1 N–H and O–H groups in total. The average molecular weight is 563 g/mol. The van der Waals surface area contributed by atoms with Gasteiger partial charge in [0.15, 0.2) is 0 Å². The molecule has 2 saturated heterocycles.